The van der Waals surface area contributed by atoms with E-state index in [1.54, 1.807) is 0 Å². The van der Waals surface area contributed by atoms with Crippen molar-refractivity contribution in [3.8, 4) is 0 Å². The molecule has 0 fully saturated rings. The highest BCUT2D eigenvalue weighted by atomic mass is 127. The largest absolute Gasteiger partial charge is 0.395 e. The lowest BCUT2D eigenvalue weighted by Crippen LogP contribution is -2.40. The lowest BCUT2D eigenvalue weighted by atomic mass is 10.1. The highest BCUT2D eigenvalue weighted by Gasteiger charge is 2.34. The fourth-order valence-electron chi connectivity index (χ4n) is 3.22. The van der Waals surface area contributed by atoms with Crippen molar-refractivity contribution in [1.82, 2.24) is 9.80 Å². The summed E-state index contributed by atoms with van der Waals surface area (Å²) in [6.45, 7) is -0.692. The van der Waals surface area contributed by atoms with Gasteiger partial charge in [0.05, 0.1) is 57.0 Å². The summed E-state index contributed by atoms with van der Waals surface area (Å²) in [4.78, 5) is 43.2. The van der Waals surface area contributed by atoms with Gasteiger partial charge < -0.3 is 40.2 Å². The van der Waals surface area contributed by atoms with E-state index in [4.69, 9.17) is 0 Å². The van der Waals surface area contributed by atoms with Crippen molar-refractivity contribution in [2.75, 3.05) is 70.7 Å². The Labute approximate surface area is 238 Å². The summed E-state index contributed by atoms with van der Waals surface area (Å²) in [5.74, 6) is -1.51. The van der Waals surface area contributed by atoms with Crippen molar-refractivity contribution >= 4 is 91.2 Å². The second kappa shape index (κ2) is 15.7. The summed E-state index contributed by atoms with van der Waals surface area (Å²) < 4.78 is 1.03. The highest BCUT2D eigenvalue weighted by Crippen LogP contribution is 2.39. The molecular formula is C20H28I3N3O8. The molecule has 192 valence electrons. The molecule has 11 nitrogen and oxygen atoms in total. The molecule has 34 heavy (non-hydrogen) atoms. The Bertz CT molecular complexity index is 820. The number of hydrogen-bond donors (Lipinski definition) is 5. The molecule has 0 unspecified atom stereocenters. The number of aliphatic hydroxyl groups is 5. The Morgan fingerprint density at radius 3 is 1.21 bits per heavy atom. The van der Waals surface area contributed by atoms with E-state index in [9.17, 15) is 39.9 Å². The van der Waals surface area contributed by atoms with E-state index >= 15 is 0 Å². The average molecular weight is 819 g/mol. The zero-order valence-corrected chi connectivity index (χ0v) is 25.0. The van der Waals surface area contributed by atoms with Gasteiger partial charge in [-0.25, -0.2) is 0 Å². The maximum atomic E-state index is 13.5. The smallest absolute Gasteiger partial charge is 0.256 e. The molecule has 3 amide bonds. The SMILES string of the molecule is CC(=O)N(CCO)c1c(I)c(C(=O)N(CCO)CCO)c(I)c(C(=O)N(CCO)CCO)c1I. The first kappa shape index (κ1) is 31.6. The minimum Gasteiger partial charge on any atom is -0.395 e. The molecular weight excluding hydrogens is 791 g/mol. The number of carbonyl (C=O) groups is 3. The van der Waals surface area contributed by atoms with Gasteiger partial charge in [0.25, 0.3) is 11.8 Å². The van der Waals surface area contributed by atoms with Gasteiger partial charge in [-0.05, 0) is 67.8 Å². The number of benzene rings is 1. The van der Waals surface area contributed by atoms with Crippen LogP contribution in [0.4, 0.5) is 5.69 Å². The van der Waals surface area contributed by atoms with Crippen LogP contribution in [0.5, 0.6) is 0 Å². The second-order valence-corrected chi connectivity index (χ2v) is 10.1. The molecule has 0 aliphatic heterocycles. The van der Waals surface area contributed by atoms with Gasteiger partial charge in [0.15, 0.2) is 0 Å². The summed E-state index contributed by atoms with van der Waals surface area (Å²) in [6.07, 6.45) is 0. The third kappa shape index (κ3) is 7.56. The van der Waals surface area contributed by atoms with E-state index in [-0.39, 0.29) is 82.6 Å². The molecule has 0 bridgehead atoms. The monoisotopic (exact) mass is 819 g/mol. The van der Waals surface area contributed by atoms with E-state index in [2.05, 4.69) is 0 Å². The maximum absolute atomic E-state index is 13.5. The predicted molar refractivity (Wildman–Crippen MR) is 150 cm³/mol. The first-order chi connectivity index (χ1) is 16.1. The predicted octanol–water partition coefficient (Wildman–Crippen LogP) is -0.301. The highest BCUT2D eigenvalue weighted by molar-refractivity contribution is 14.1. The second-order valence-electron chi connectivity index (χ2n) is 6.91. The average Bonchev–Trinajstić information content (AvgIpc) is 2.77. The van der Waals surface area contributed by atoms with Crippen LogP contribution < -0.4 is 4.90 Å². The van der Waals surface area contributed by atoms with Gasteiger partial charge in [-0.2, -0.15) is 0 Å². The minimum absolute atomic E-state index is 0.0512. The summed E-state index contributed by atoms with van der Waals surface area (Å²) in [5, 5.41) is 47.1. The number of rotatable bonds is 13. The molecule has 1 rings (SSSR count). The third-order valence-electron chi connectivity index (χ3n) is 4.75. The van der Waals surface area contributed by atoms with Crippen molar-refractivity contribution in [3.05, 3.63) is 21.8 Å². The van der Waals surface area contributed by atoms with Crippen LogP contribution in [-0.2, 0) is 4.79 Å². The number of carbonyl (C=O) groups excluding carboxylic acids is 3. The van der Waals surface area contributed by atoms with Gasteiger partial charge in [-0.1, -0.05) is 0 Å². The minimum atomic E-state index is -0.549. The number of hydrogen-bond acceptors (Lipinski definition) is 8. The Kier molecular flexibility index (Phi) is 14.6. The summed E-state index contributed by atoms with van der Waals surface area (Å²) in [5.41, 5.74) is 0.494. The number of aliphatic hydroxyl groups excluding tert-OH is 5. The van der Waals surface area contributed by atoms with Crippen LogP contribution in [0.15, 0.2) is 0 Å². The van der Waals surface area contributed by atoms with E-state index in [1.165, 1.54) is 21.6 Å². The van der Waals surface area contributed by atoms with Crippen LogP contribution in [0.1, 0.15) is 27.6 Å². The van der Waals surface area contributed by atoms with Crippen molar-refractivity contribution in [2.45, 2.75) is 6.92 Å². The number of amides is 3. The molecule has 0 aromatic heterocycles. The molecule has 0 aliphatic carbocycles. The quantitative estimate of drug-likeness (QED) is 0.170. The third-order valence-corrected chi connectivity index (χ3v) is 7.93. The fourth-order valence-corrected chi connectivity index (χ4v) is 7.89. The van der Waals surface area contributed by atoms with Crippen molar-refractivity contribution < 1.29 is 39.9 Å². The van der Waals surface area contributed by atoms with Crippen LogP contribution in [0.2, 0.25) is 0 Å². The molecule has 0 radical (unpaired) electrons. The van der Waals surface area contributed by atoms with Crippen LogP contribution in [-0.4, -0.2) is 119 Å². The molecule has 0 saturated carbocycles. The maximum Gasteiger partial charge on any atom is 0.256 e. The van der Waals surface area contributed by atoms with Gasteiger partial charge in [-0.3, -0.25) is 14.4 Å². The van der Waals surface area contributed by atoms with Crippen molar-refractivity contribution in [2.24, 2.45) is 0 Å². The van der Waals surface area contributed by atoms with Crippen LogP contribution in [0, 0.1) is 10.7 Å². The normalized spacial score (nSPS) is 10.9. The van der Waals surface area contributed by atoms with E-state index in [0.29, 0.717) is 10.7 Å². The van der Waals surface area contributed by atoms with E-state index in [0.717, 1.165) is 0 Å². The lowest BCUT2D eigenvalue weighted by molar-refractivity contribution is -0.116. The molecule has 1 aromatic rings. The zero-order chi connectivity index (χ0) is 26.0. The van der Waals surface area contributed by atoms with Gasteiger partial charge in [0.1, 0.15) is 0 Å². The van der Waals surface area contributed by atoms with Crippen LogP contribution in [0.3, 0.4) is 0 Å². The molecule has 0 spiro atoms. The lowest BCUT2D eigenvalue weighted by Gasteiger charge is -2.30. The topological polar surface area (TPSA) is 162 Å². The molecule has 0 saturated heterocycles. The van der Waals surface area contributed by atoms with Crippen molar-refractivity contribution in [1.29, 1.82) is 0 Å². The van der Waals surface area contributed by atoms with Gasteiger partial charge in [-0.15, -0.1) is 0 Å². The van der Waals surface area contributed by atoms with Crippen LogP contribution in [0.25, 0.3) is 0 Å². The Morgan fingerprint density at radius 2 is 0.941 bits per heavy atom. The van der Waals surface area contributed by atoms with Gasteiger partial charge in [0.2, 0.25) is 5.91 Å². The first-order valence-corrected chi connectivity index (χ1v) is 13.5. The Morgan fingerprint density at radius 1 is 0.618 bits per heavy atom. The first-order valence-electron chi connectivity index (χ1n) is 10.2. The molecule has 5 N–H and O–H groups in total. The summed E-state index contributed by atoms with van der Waals surface area (Å²) in [6, 6.07) is 0. The molecule has 1 aromatic carbocycles. The molecule has 0 heterocycles. The molecule has 0 aliphatic rings. The summed E-state index contributed by atoms with van der Waals surface area (Å²) in [7, 11) is 0. The number of nitrogens with zero attached hydrogens (tertiary/aromatic N) is 3. The van der Waals surface area contributed by atoms with E-state index < -0.39 is 17.7 Å². The van der Waals surface area contributed by atoms with Gasteiger partial charge >= 0.3 is 0 Å². The van der Waals surface area contributed by atoms with E-state index in [1.807, 2.05) is 67.8 Å². The zero-order valence-electron chi connectivity index (χ0n) is 18.5. The summed E-state index contributed by atoms with van der Waals surface area (Å²) >= 11 is 5.70. The van der Waals surface area contributed by atoms with Crippen LogP contribution >= 0.6 is 67.8 Å². The van der Waals surface area contributed by atoms with Gasteiger partial charge in [0, 0.05) is 43.2 Å². The number of halogens is 3. The Hall–Kier alpha value is -0.380. The molecule has 0 atom stereocenters. The fraction of sp³-hybridized carbons (Fsp3) is 0.550. The standard InChI is InChI=1S/C20H28I3N3O8/c1-12(32)26(6-11-31)18-16(22)13(19(33)24(2-7-27)3-8-28)15(21)14(17(18)23)20(34)25(4-9-29)5-10-30/h27-31H,2-11H2,1H3. The molecule has 14 heteroatoms. The Balaban J connectivity index is 3.98. The van der Waals surface area contributed by atoms with Crippen molar-refractivity contribution in [3.63, 3.8) is 0 Å². The number of anilines is 1.